The molecule has 118 valence electrons. The van der Waals surface area contributed by atoms with Gasteiger partial charge in [-0.25, -0.2) is 4.68 Å². The van der Waals surface area contributed by atoms with Crippen LogP contribution in [0.15, 0.2) is 42.6 Å². The molecule has 0 aliphatic rings. The molecule has 23 heavy (non-hydrogen) atoms. The summed E-state index contributed by atoms with van der Waals surface area (Å²) < 4.78 is 6.91. The van der Waals surface area contributed by atoms with Crippen molar-refractivity contribution in [2.45, 2.75) is 19.9 Å². The number of amides is 1. The quantitative estimate of drug-likeness (QED) is 0.832. The van der Waals surface area contributed by atoms with Crippen molar-refractivity contribution in [3.05, 3.63) is 48.2 Å². The van der Waals surface area contributed by atoms with E-state index in [2.05, 4.69) is 10.4 Å². The van der Waals surface area contributed by atoms with Crippen molar-refractivity contribution in [2.24, 2.45) is 0 Å². The molecular weight excluding hydrogens is 292 g/mol. The number of nitrogens with zero attached hydrogens (tertiary/aromatic N) is 3. The summed E-state index contributed by atoms with van der Waals surface area (Å²) in [5.74, 6) is 1.06. The fourth-order valence-electron chi connectivity index (χ4n) is 1.96. The van der Waals surface area contributed by atoms with Crippen molar-refractivity contribution in [3.63, 3.8) is 0 Å². The zero-order valence-electron chi connectivity index (χ0n) is 13.1. The zero-order valence-corrected chi connectivity index (χ0v) is 13.1. The Hall–Kier alpha value is -3.07. The second kappa shape index (κ2) is 7.80. The standard InChI is InChI=1S/C17H18N4O2/c1-13(2)21-16(9-11-19-21)20-17(22)8-5-14-3-6-15(7-4-14)23-12-10-18/h3-9,11,13H,12H2,1-2H3,(H,20,22). The van der Waals surface area contributed by atoms with Gasteiger partial charge in [0.1, 0.15) is 17.6 Å². The summed E-state index contributed by atoms with van der Waals surface area (Å²) in [7, 11) is 0. The lowest BCUT2D eigenvalue weighted by Crippen LogP contribution is -2.14. The second-order valence-electron chi connectivity index (χ2n) is 5.09. The SMILES string of the molecule is CC(C)n1nccc1NC(=O)C=Cc1ccc(OCC#N)cc1. The molecule has 0 aliphatic heterocycles. The molecule has 2 rings (SSSR count). The van der Waals surface area contributed by atoms with Gasteiger partial charge in [0.2, 0.25) is 5.91 Å². The van der Waals surface area contributed by atoms with Gasteiger partial charge in [-0.15, -0.1) is 0 Å². The Morgan fingerprint density at radius 2 is 2.13 bits per heavy atom. The summed E-state index contributed by atoms with van der Waals surface area (Å²) in [6.07, 6.45) is 4.82. The van der Waals surface area contributed by atoms with Crippen LogP contribution in [0, 0.1) is 11.3 Å². The molecule has 0 spiro atoms. The third-order valence-corrected chi connectivity index (χ3v) is 3.02. The summed E-state index contributed by atoms with van der Waals surface area (Å²) in [6.45, 7) is 4.00. The number of hydrogen-bond acceptors (Lipinski definition) is 4. The van der Waals surface area contributed by atoms with E-state index in [0.29, 0.717) is 11.6 Å². The first-order valence-corrected chi connectivity index (χ1v) is 7.22. The maximum Gasteiger partial charge on any atom is 0.249 e. The first kappa shape index (κ1) is 16.3. The molecule has 0 saturated heterocycles. The van der Waals surface area contributed by atoms with Crippen LogP contribution < -0.4 is 10.1 Å². The van der Waals surface area contributed by atoms with E-state index in [1.165, 1.54) is 6.08 Å². The van der Waals surface area contributed by atoms with E-state index in [-0.39, 0.29) is 18.6 Å². The first-order chi connectivity index (χ1) is 11.1. The molecule has 1 heterocycles. The number of rotatable bonds is 6. The van der Waals surface area contributed by atoms with Crippen LogP contribution in [-0.4, -0.2) is 22.3 Å². The molecule has 1 amide bonds. The number of benzene rings is 1. The monoisotopic (exact) mass is 310 g/mol. The van der Waals surface area contributed by atoms with Gasteiger partial charge < -0.3 is 10.1 Å². The van der Waals surface area contributed by atoms with Crippen LogP contribution in [0.25, 0.3) is 6.08 Å². The molecule has 6 heteroatoms. The fraction of sp³-hybridized carbons (Fsp3) is 0.235. The predicted octanol–water partition coefficient (Wildman–Crippen LogP) is 3.02. The van der Waals surface area contributed by atoms with Crippen molar-refractivity contribution in [3.8, 4) is 11.8 Å². The molecule has 0 unspecified atom stereocenters. The molecule has 0 radical (unpaired) electrons. The zero-order chi connectivity index (χ0) is 16.7. The minimum absolute atomic E-state index is 0.0150. The lowest BCUT2D eigenvalue weighted by molar-refractivity contribution is -0.111. The van der Waals surface area contributed by atoms with E-state index in [0.717, 1.165) is 5.56 Å². The van der Waals surface area contributed by atoms with Gasteiger partial charge >= 0.3 is 0 Å². The van der Waals surface area contributed by atoms with Crippen LogP contribution in [0.3, 0.4) is 0 Å². The molecule has 0 fully saturated rings. The highest BCUT2D eigenvalue weighted by Crippen LogP contribution is 2.14. The fourth-order valence-corrected chi connectivity index (χ4v) is 1.96. The average molecular weight is 310 g/mol. The lowest BCUT2D eigenvalue weighted by atomic mass is 10.2. The summed E-state index contributed by atoms with van der Waals surface area (Å²) in [6, 6.07) is 11.0. The maximum absolute atomic E-state index is 12.0. The number of carbonyl (C=O) groups is 1. The molecule has 0 aliphatic carbocycles. The van der Waals surface area contributed by atoms with Gasteiger partial charge in [0.15, 0.2) is 6.61 Å². The molecule has 1 aromatic carbocycles. The third-order valence-electron chi connectivity index (χ3n) is 3.02. The summed E-state index contributed by atoms with van der Waals surface area (Å²) in [5, 5.41) is 15.4. The van der Waals surface area contributed by atoms with E-state index in [4.69, 9.17) is 10.00 Å². The van der Waals surface area contributed by atoms with Crippen molar-refractivity contribution in [2.75, 3.05) is 11.9 Å². The van der Waals surface area contributed by atoms with Gasteiger partial charge in [0.25, 0.3) is 0 Å². The van der Waals surface area contributed by atoms with Gasteiger partial charge in [-0.3, -0.25) is 4.79 Å². The lowest BCUT2D eigenvalue weighted by Gasteiger charge is -2.10. The van der Waals surface area contributed by atoms with E-state index in [1.807, 2.05) is 32.0 Å². The summed E-state index contributed by atoms with van der Waals surface area (Å²) in [4.78, 5) is 12.0. The van der Waals surface area contributed by atoms with Crippen molar-refractivity contribution in [1.29, 1.82) is 5.26 Å². The van der Waals surface area contributed by atoms with Crippen LogP contribution in [0.2, 0.25) is 0 Å². The summed E-state index contributed by atoms with van der Waals surface area (Å²) in [5.41, 5.74) is 0.863. The Morgan fingerprint density at radius 3 is 2.78 bits per heavy atom. The normalized spacial score (nSPS) is 10.7. The van der Waals surface area contributed by atoms with Crippen molar-refractivity contribution in [1.82, 2.24) is 9.78 Å². The molecule has 6 nitrogen and oxygen atoms in total. The molecule has 1 N–H and O–H groups in total. The van der Waals surface area contributed by atoms with E-state index in [1.54, 1.807) is 35.2 Å². The van der Waals surface area contributed by atoms with Gasteiger partial charge in [-0.05, 0) is 37.6 Å². The van der Waals surface area contributed by atoms with E-state index in [9.17, 15) is 4.79 Å². The highest BCUT2D eigenvalue weighted by molar-refractivity contribution is 6.01. The number of ether oxygens (including phenoxy) is 1. The molecule has 0 saturated carbocycles. The summed E-state index contributed by atoms with van der Waals surface area (Å²) >= 11 is 0. The smallest absolute Gasteiger partial charge is 0.249 e. The van der Waals surface area contributed by atoms with Crippen LogP contribution in [0.1, 0.15) is 25.5 Å². The number of aromatic nitrogens is 2. The average Bonchev–Trinajstić information content (AvgIpc) is 3.00. The highest BCUT2D eigenvalue weighted by atomic mass is 16.5. The largest absolute Gasteiger partial charge is 0.479 e. The minimum Gasteiger partial charge on any atom is -0.479 e. The first-order valence-electron chi connectivity index (χ1n) is 7.22. The highest BCUT2D eigenvalue weighted by Gasteiger charge is 2.07. The number of hydrogen-bond donors (Lipinski definition) is 1. The van der Waals surface area contributed by atoms with Gasteiger partial charge in [-0.1, -0.05) is 12.1 Å². The van der Waals surface area contributed by atoms with E-state index < -0.39 is 0 Å². The van der Waals surface area contributed by atoms with Gasteiger partial charge in [0, 0.05) is 18.2 Å². The number of carbonyl (C=O) groups excluding carboxylic acids is 1. The minimum atomic E-state index is -0.225. The van der Waals surface area contributed by atoms with Gasteiger partial charge in [0.05, 0.1) is 6.20 Å². The molecule has 0 atom stereocenters. The predicted molar refractivity (Wildman–Crippen MR) is 87.8 cm³/mol. The molecule has 2 aromatic rings. The maximum atomic E-state index is 12.0. The van der Waals surface area contributed by atoms with Crippen LogP contribution >= 0.6 is 0 Å². The number of anilines is 1. The Labute approximate surface area is 135 Å². The third kappa shape index (κ3) is 4.71. The van der Waals surface area contributed by atoms with Crippen molar-refractivity contribution < 1.29 is 9.53 Å². The van der Waals surface area contributed by atoms with Gasteiger partial charge in [-0.2, -0.15) is 10.4 Å². The number of nitriles is 1. The van der Waals surface area contributed by atoms with Crippen LogP contribution in [0.4, 0.5) is 5.82 Å². The number of nitrogens with one attached hydrogen (secondary N) is 1. The Bertz CT molecular complexity index is 724. The Balaban J connectivity index is 1.95. The molecular formula is C17H18N4O2. The Morgan fingerprint density at radius 1 is 1.39 bits per heavy atom. The molecule has 1 aromatic heterocycles. The Kier molecular flexibility index (Phi) is 5.53. The second-order valence-corrected chi connectivity index (χ2v) is 5.09. The van der Waals surface area contributed by atoms with E-state index >= 15 is 0 Å². The van der Waals surface area contributed by atoms with Crippen LogP contribution in [-0.2, 0) is 4.79 Å². The topological polar surface area (TPSA) is 79.9 Å². The van der Waals surface area contributed by atoms with Crippen LogP contribution in [0.5, 0.6) is 5.75 Å². The molecule has 0 bridgehead atoms. The van der Waals surface area contributed by atoms with Crippen molar-refractivity contribution >= 4 is 17.8 Å².